The van der Waals surface area contributed by atoms with Crippen LogP contribution in [0.1, 0.15) is 5.69 Å². The summed E-state index contributed by atoms with van der Waals surface area (Å²) in [5.74, 6) is 5.38. The molecule has 0 aliphatic carbocycles. The molecule has 1 amide bonds. The number of carbonyl (C=O) groups is 1. The van der Waals surface area contributed by atoms with Crippen molar-refractivity contribution in [3.63, 3.8) is 0 Å². The van der Waals surface area contributed by atoms with Gasteiger partial charge in [0.1, 0.15) is 5.75 Å². The van der Waals surface area contributed by atoms with Crippen LogP contribution >= 0.6 is 12.2 Å². The number of amides is 1. The lowest BCUT2D eigenvalue weighted by Gasteiger charge is -2.05. The fourth-order valence-electron chi connectivity index (χ4n) is 1.01. The van der Waals surface area contributed by atoms with Crippen LogP contribution in [0.5, 0.6) is 5.75 Å². The van der Waals surface area contributed by atoms with Gasteiger partial charge < -0.3 is 15.5 Å². The molecule has 0 saturated heterocycles. The third kappa shape index (κ3) is 3.79. The molecule has 1 heterocycles. The topological polar surface area (TPSA) is 89.3 Å². The summed E-state index contributed by atoms with van der Waals surface area (Å²) in [5.41, 5.74) is 2.78. The van der Waals surface area contributed by atoms with Gasteiger partial charge in [-0.2, -0.15) is 0 Å². The molecule has 86 valence electrons. The highest BCUT2D eigenvalue weighted by atomic mass is 32.1. The minimum atomic E-state index is -0.277. The van der Waals surface area contributed by atoms with Crippen LogP contribution in [0, 0.1) is 0 Å². The van der Waals surface area contributed by atoms with Crippen molar-refractivity contribution < 1.29 is 9.53 Å². The molecule has 0 aliphatic heterocycles. The zero-order chi connectivity index (χ0) is 12.0. The second-order valence-electron chi connectivity index (χ2n) is 2.89. The maximum absolute atomic E-state index is 11.4. The molecule has 1 aromatic heterocycles. The number of nitrogens with one attached hydrogen (secondary N) is 2. The van der Waals surface area contributed by atoms with Gasteiger partial charge in [0.05, 0.1) is 19.7 Å². The van der Waals surface area contributed by atoms with Gasteiger partial charge >= 0.3 is 0 Å². The third-order valence-electron chi connectivity index (χ3n) is 1.76. The molecular formula is C9H12N4O2S. The Morgan fingerprint density at radius 1 is 1.62 bits per heavy atom. The summed E-state index contributed by atoms with van der Waals surface area (Å²) in [6, 6.07) is 3.44. The van der Waals surface area contributed by atoms with Crippen molar-refractivity contribution in [1.82, 2.24) is 15.7 Å². The Morgan fingerprint density at radius 3 is 2.88 bits per heavy atom. The molecule has 1 rings (SSSR count). The molecule has 0 atom stereocenters. The number of pyridine rings is 1. The van der Waals surface area contributed by atoms with E-state index in [9.17, 15) is 4.79 Å². The minimum absolute atomic E-state index is 0.0820. The standard InChI is InChI=1S/C9H12N4O2S/c1-15-7-3-2-6(11-5-7)4-8(14)12-9(16)13-10/h2-3,5H,4,10H2,1H3,(H2,12,13,14,16). The van der Waals surface area contributed by atoms with Gasteiger partial charge in [0, 0.05) is 5.69 Å². The molecule has 7 heteroatoms. The fraction of sp³-hybridized carbons (Fsp3) is 0.222. The van der Waals surface area contributed by atoms with Crippen LogP contribution in [0.15, 0.2) is 18.3 Å². The van der Waals surface area contributed by atoms with Crippen LogP contribution < -0.4 is 21.3 Å². The molecule has 0 radical (unpaired) electrons. The Bertz CT molecular complexity index is 380. The van der Waals surface area contributed by atoms with Crippen LogP contribution in [0.3, 0.4) is 0 Å². The zero-order valence-corrected chi connectivity index (χ0v) is 9.50. The predicted octanol–water partition coefficient (Wildman–Crippen LogP) is -0.503. The van der Waals surface area contributed by atoms with Crippen molar-refractivity contribution >= 4 is 23.2 Å². The van der Waals surface area contributed by atoms with E-state index in [1.807, 2.05) is 0 Å². The van der Waals surface area contributed by atoms with E-state index in [1.165, 1.54) is 0 Å². The molecule has 0 unspecified atom stereocenters. The molecule has 0 saturated carbocycles. The van der Waals surface area contributed by atoms with E-state index in [4.69, 9.17) is 10.6 Å². The summed E-state index contributed by atoms with van der Waals surface area (Å²) < 4.78 is 4.95. The first kappa shape index (κ1) is 12.3. The number of aromatic nitrogens is 1. The first-order valence-electron chi connectivity index (χ1n) is 4.45. The average Bonchev–Trinajstić information content (AvgIpc) is 2.29. The second kappa shape index (κ2) is 5.99. The van der Waals surface area contributed by atoms with Gasteiger partial charge in [-0.05, 0) is 24.4 Å². The van der Waals surface area contributed by atoms with E-state index in [1.54, 1.807) is 25.4 Å². The highest BCUT2D eigenvalue weighted by molar-refractivity contribution is 7.80. The van der Waals surface area contributed by atoms with Gasteiger partial charge in [-0.3, -0.25) is 9.78 Å². The maximum Gasteiger partial charge on any atom is 0.232 e. The lowest BCUT2D eigenvalue weighted by atomic mass is 10.2. The summed E-state index contributed by atoms with van der Waals surface area (Å²) in [5, 5.41) is 2.47. The molecule has 0 fully saturated rings. The van der Waals surface area contributed by atoms with Crippen molar-refractivity contribution in [1.29, 1.82) is 0 Å². The molecule has 0 aromatic carbocycles. The van der Waals surface area contributed by atoms with E-state index in [2.05, 4.69) is 27.9 Å². The molecule has 1 aromatic rings. The summed E-state index contributed by atoms with van der Waals surface area (Å²) in [7, 11) is 1.55. The fourth-order valence-corrected chi connectivity index (χ4v) is 1.12. The largest absolute Gasteiger partial charge is 0.495 e. The maximum atomic E-state index is 11.4. The number of rotatable bonds is 3. The first-order valence-corrected chi connectivity index (χ1v) is 4.86. The van der Waals surface area contributed by atoms with E-state index >= 15 is 0 Å². The van der Waals surface area contributed by atoms with E-state index in [0.29, 0.717) is 11.4 Å². The number of hydrazine groups is 1. The van der Waals surface area contributed by atoms with Gasteiger partial charge in [0.15, 0.2) is 5.11 Å². The highest BCUT2D eigenvalue weighted by Gasteiger charge is 2.06. The van der Waals surface area contributed by atoms with Gasteiger partial charge in [-0.15, -0.1) is 0 Å². The Balaban J connectivity index is 2.52. The van der Waals surface area contributed by atoms with E-state index < -0.39 is 0 Å². The van der Waals surface area contributed by atoms with Crippen molar-refractivity contribution in [2.24, 2.45) is 5.84 Å². The van der Waals surface area contributed by atoms with Gasteiger partial charge in [0.25, 0.3) is 0 Å². The van der Waals surface area contributed by atoms with Crippen LogP contribution in [-0.4, -0.2) is 23.1 Å². The number of nitrogens with two attached hydrogens (primary N) is 1. The Morgan fingerprint density at radius 2 is 2.38 bits per heavy atom. The van der Waals surface area contributed by atoms with Gasteiger partial charge in [-0.25, -0.2) is 5.84 Å². The van der Waals surface area contributed by atoms with Crippen LogP contribution in [0.4, 0.5) is 0 Å². The van der Waals surface area contributed by atoms with E-state index in [0.717, 1.165) is 0 Å². The Kier molecular flexibility index (Phi) is 4.62. The molecule has 4 N–H and O–H groups in total. The molecule has 6 nitrogen and oxygen atoms in total. The Hall–Kier alpha value is -1.73. The third-order valence-corrected chi connectivity index (χ3v) is 1.98. The first-order chi connectivity index (χ1) is 7.65. The van der Waals surface area contributed by atoms with Crippen LogP contribution in [0.2, 0.25) is 0 Å². The number of thiocarbonyl (C=S) groups is 1. The molecule has 0 aliphatic rings. The molecule has 0 bridgehead atoms. The summed E-state index contributed by atoms with van der Waals surface area (Å²) in [6.45, 7) is 0. The number of carbonyl (C=O) groups excluding carboxylic acids is 1. The van der Waals surface area contributed by atoms with Crippen molar-refractivity contribution in [3.8, 4) is 5.75 Å². The molecular weight excluding hydrogens is 228 g/mol. The quantitative estimate of drug-likeness (QED) is 0.375. The van der Waals surface area contributed by atoms with Crippen LogP contribution in [0.25, 0.3) is 0 Å². The highest BCUT2D eigenvalue weighted by Crippen LogP contribution is 2.07. The number of methoxy groups -OCH3 is 1. The van der Waals surface area contributed by atoms with Crippen molar-refractivity contribution in [2.45, 2.75) is 6.42 Å². The normalized spacial score (nSPS) is 9.38. The minimum Gasteiger partial charge on any atom is -0.495 e. The van der Waals surface area contributed by atoms with Gasteiger partial charge in [0.2, 0.25) is 5.91 Å². The lowest BCUT2D eigenvalue weighted by molar-refractivity contribution is -0.119. The second-order valence-corrected chi connectivity index (χ2v) is 3.30. The molecule has 16 heavy (non-hydrogen) atoms. The monoisotopic (exact) mass is 240 g/mol. The zero-order valence-electron chi connectivity index (χ0n) is 8.69. The smallest absolute Gasteiger partial charge is 0.232 e. The SMILES string of the molecule is COc1ccc(CC(=O)NC(=S)NN)nc1. The molecule has 0 spiro atoms. The Labute approximate surface area is 98.2 Å². The average molecular weight is 240 g/mol. The summed E-state index contributed by atoms with van der Waals surface area (Å²) in [4.78, 5) is 15.4. The number of hydrogen-bond donors (Lipinski definition) is 3. The number of nitrogens with zero attached hydrogens (tertiary/aromatic N) is 1. The lowest BCUT2D eigenvalue weighted by Crippen LogP contribution is -2.43. The van der Waals surface area contributed by atoms with Gasteiger partial charge in [-0.1, -0.05) is 0 Å². The van der Waals surface area contributed by atoms with Crippen molar-refractivity contribution in [3.05, 3.63) is 24.0 Å². The van der Waals surface area contributed by atoms with Crippen molar-refractivity contribution in [2.75, 3.05) is 7.11 Å². The predicted molar refractivity (Wildman–Crippen MR) is 62.6 cm³/mol. The van der Waals surface area contributed by atoms with Crippen LogP contribution in [-0.2, 0) is 11.2 Å². The van der Waals surface area contributed by atoms with E-state index in [-0.39, 0.29) is 17.4 Å². The number of ether oxygens (including phenoxy) is 1. The summed E-state index contributed by atoms with van der Waals surface area (Å²) >= 11 is 4.68. The summed E-state index contributed by atoms with van der Waals surface area (Å²) in [6.07, 6.45) is 1.67. The number of hydrogen-bond acceptors (Lipinski definition) is 5.